The van der Waals surface area contributed by atoms with Crippen LogP contribution in [0.2, 0.25) is 0 Å². The Bertz CT molecular complexity index is 114. The molecule has 0 aliphatic carbocycles. The molecule has 0 spiro atoms. The quantitative estimate of drug-likeness (QED) is 0.509. The van der Waals surface area contributed by atoms with Gasteiger partial charge in [-0.15, -0.1) is 0 Å². The van der Waals surface area contributed by atoms with E-state index >= 15 is 0 Å². The minimum atomic E-state index is -8.75. The molecule has 0 unspecified atom stereocenters. The Morgan fingerprint density at radius 1 is 1.25 bits per heavy atom. The van der Waals surface area contributed by atoms with Crippen molar-refractivity contribution >= 4 is 19.1 Å². The molecule has 0 amide bonds. The van der Waals surface area contributed by atoms with Crippen molar-refractivity contribution in [2.75, 3.05) is 0 Å². The molecule has 8 heavy (non-hydrogen) atoms. The molecule has 0 radical (unpaired) electrons. The van der Waals surface area contributed by atoms with Gasteiger partial charge in [0.25, 0.3) is 0 Å². The number of carboxylic acid groups (broad SMARTS) is 1. The minimum absolute atomic E-state index is 3.26. The Hall–Kier alpha value is -0.252. The van der Waals surface area contributed by atoms with Crippen LogP contribution in [-0.2, 0) is 0 Å². The van der Waals surface area contributed by atoms with E-state index in [9.17, 15) is 13.9 Å². The normalized spacial score (nSPS) is 16.8. The molecule has 0 aromatic rings. The summed E-state index contributed by atoms with van der Waals surface area (Å²) >= 11 is -8.75. The average molecular weight is 196 g/mol. The van der Waals surface area contributed by atoms with Gasteiger partial charge in [-0.1, -0.05) is 0 Å². The summed E-state index contributed by atoms with van der Waals surface area (Å²) in [6.45, 7) is 0. The van der Waals surface area contributed by atoms with E-state index in [4.69, 9.17) is 9.90 Å². The van der Waals surface area contributed by atoms with E-state index in [1.165, 1.54) is 0 Å². The second-order valence-electron chi connectivity index (χ2n) is 1.00. The molecule has 2 nitrogen and oxygen atoms in total. The van der Waals surface area contributed by atoms with Gasteiger partial charge in [0.1, 0.15) is 0 Å². The monoisotopic (exact) mass is 196 g/mol. The van der Waals surface area contributed by atoms with E-state index in [0.29, 0.717) is 0 Å². The van der Waals surface area contributed by atoms with E-state index in [1.54, 1.807) is 0 Å². The molecule has 0 fully saturated rings. The van der Waals surface area contributed by atoms with Crippen LogP contribution in [-0.4, -0.2) is 24.2 Å². The summed E-state index contributed by atoms with van der Waals surface area (Å²) in [6, 6.07) is 0. The van der Waals surface area contributed by atoms with Gasteiger partial charge in [0, 0.05) is 0 Å². The van der Waals surface area contributed by atoms with Crippen LogP contribution in [0.4, 0.5) is 18.7 Å². The summed E-state index contributed by atoms with van der Waals surface area (Å²) in [5, 5.41) is 7.09. The molecule has 0 saturated carbocycles. The Balaban J connectivity index is 4.38. The zero-order chi connectivity index (χ0) is 7.02. The molecule has 0 saturated heterocycles. The SMILES string of the molecule is O=C(O)[As](F)(F)(F)F. The number of hydrogen-bond donors (Lipinski definition) is 1. The third-order valence-electron chi connectivity index (χ3n) is 0.289. The first-order valence-electron chi connectivity index (χ1n) is 1.33. The van der Waals surface area contributed by atoms with Crippen molar-refractivity contribution < 1.29 is 23.8 Å². The molecule has 0 aliphatic rings. The summed E-state index contributed by atoms with van der Waals surface area (Å²) in [4.78, 5) is 8.92. The summed E-state index contributed by atoms with van der Waals surface area (Å²) in [6.07, 6.45) is 0. The van der Waals surface area contributed by atoms with Gasteiger partial charge in [0.15, 0.2) is 0 Å². The Morgan fingerprint density at radius 3 is 1.38 bits per heavy atom. The third kappa shape index (κ3) is 2.16. The van der Waals surface area contributed by atoms with Gasteiger partial charge in [-0.25, -0.2) is 0 Å². The van der Waals surface area contributed by atoms with Crippen LogP contribution in [0.3, 0.4) is 0 Å². The molecular formula is CHAsF4O2. The van der Waals surface area contributed by atoms with Crippen molar-refractivity contribution in [1.82, 2.24) is 0 Å². The van der Waals surface area contributed by atoms with Crippen LogP contribution in [0.15, 0.2) is 0 Å². The Morgan fingerprint density at radius 2 is 1.38 bits per heavy atom. The van der Waals surface area contributed by atoms with Crippen LogP contribution in [0.5, 0.6) is 0 Å². The van der Waals surface area contributed by atoms with Gasteiger partial charge in [0.05, 0.1) is 0 Å². The van der Waals surface area contributed by atoms with Crippen molar-refractivity contribution in [3.63, 3.8) is 0 Å². The molecule has 0 aromatic heterocycles. The Kier molecular flexibility index (Phi) is 1.33. The van der Waals surface area contributed by atoms with Crippen LogP contribution >= 0.6 is 0 Å². The third-order valence-corrected chi connectivity index (χ3v) is 1.50. The molecule has 0 atom stereocenters. The molecule has 0 bridgehead atoms. The van der Waals surface area contributed by atoms with Crippen LogP contribution in [0.1, 0.15) is 0 Å². The number of carbonyl (C=O) groups is 1. The first-order valence-corrected chi connectivity index (χ1v) is 5.10. The van der Waals surface area contributed by atoms with Gasteiger partial charge in [-0.2, -0.15) is 0 Å². The van der Waals surface area contributed by atoms with E-state index < -0.39 is 19.1 Å². The van der Waals surface area contributed by atoms with Crippen molar-refractivity contribution in [3.05, 3.63) is 0 Å². The number of hydrogen-bond acceptors (Lipinski definition) is 1. The first-order chi connectivity index (χ1) is 3.20. The molecule has 0 heterocycles. The van der Waals surface area contributed by atoms with Crippen LogP contribution in [0.25, 0.3) is 0 Å². The average Bonchev–Trinajstić information content (AvgIpc) is 1.27. The zero-order valence-corrected chi connectivity index (χ0v) is 5.19. The van der Waals surface area contributed by atoms with Gasteiger partial charge in [-0.05, 0) is 0 Å². The van der Waals surface area contributed by atoms with Crippen molar-refractivity contribution in [3.8, 4) is 0 Å². The molecule has 7 heteroatoms. The second-order valence-corrected chi connectivity index (χ2v) is 4.83. The molecular weight excluding hydrogens is 195 g/mol. The maximum absolute atomic E-state index is 10.8. The molecule has 0 rings (SSSR count). The van der Waals surface area contributed by atoms with E-state index in [2.05, 4.69) is 0 Å². The number of rotatable bonds is 1. The van der Waals surface area contributed by atoms with E-state index in [-0.39, 0.29) is 0 Å². The molecule has 0 aromatic carbocycles. The summed E-state index contributed by atoms with van der Waals surface area (Å²) < 4.78 is 39.9. The van der Waals surface area contributed by atoms with E-state index in [0.717, 1.165) is 0 Å². The maximum atomic E-state index is 10.8. The van der Waals surface area contributed by atoms with E-state index in [1.807, 2.05) is 0 Å². The van der Waals surface area contributed by atoms with Crippen molar-refractivity contribution in [2.24, 2.45) is 0 Å². The van der Waals surface area contributed by atoms with Gasteiger partial charge in [0.2, 0.25) is 0 Å². The topological polar surface area (TPSA) is 37.3 Å². The molecule has 1 N–H and O–H groups in total. The van der Waals surface area contributed by atoms with Gasteiger partial charge in [-0.3, -0.25) is 0 Å². The summed E-state index contributed by atoms with van der Waals surface area (Å²) in [7, 11) is 0. The fraction of sp³-hybridized carbons (Fsp3) is 0. The first kappa shape index (κ1) is 7.75. The standard InChI is InChI=1S/CHAsF4O2/c3-2(4,5,6)1(7)8/h(H,7,8). The Labute approximate surface area is 43.8 Å². The zero-order valence-electron chi connectivity index (χ0n) is 3.31. The summed E-state index contributed by atoms with van der Waals surface area (Å²) in [5.74, 6) is 0. The van der Waals surface area contributed by atoms with Gasteiger partial charge < -0.3 is 0 Å². The molecule has 50 valence electrons. The van der Waals surface area contributed by atoms with Crippen molar-refractivity contribution in [1.29, 1.82) is 0 Å². The predicted molar refractivity (Wildman–Crippen MR) is 18.2 cm³/mol. The van der Waals surface area contributed by atoms with Crippen LogP contribution < -0.4 is 0 Å². The second kappa shape index (κ2) is 1.37. The van der Waals surface area contributed by atoms with Gasteiger partial charge >= 0.3 is 42.9 Å². The fourth-order valence-electron chi connectivity index (χ4n) is 0. The molecule has 0 aliphatic heterocycles. The predicted octanol–water partition coefficient (Wildman–Crippen LogP) is 1.51. The summed E-state index contributed by atoms with van der Waals surface area (Å²) in [5.41, 5.74) is 0. The number of halogens is 4. The van der Waals surface area contributed by atoms with Crippen LogP contribution in [0, 0.1) is 0 Å². The van der Waals surface area contributed by atoms with Crippen molar-refractivity contribution in [2.45, 2.75) is 0 Å². The fourth-order valence-corrected chi connectivity index (χ4v) is 0.